The van der Waals surface area contributed by atoms with Crippen molar-refractivity contribution in [3.8, 4) is 6.07 Å². The number of rotatable bonds is 15. The minimum absolute atomic E-state index is 0.353. The van der Waals surface area contributed by atoms with Gasteiger partial charge in [-0.25, -0.2) is 0 Å². The van der Waals surface area contributed by atoms with Crippen LogP contribution in [0.25, 0.3) is 0 Å². The van der Waals surface area contributed by atoms with Crippen LogP contribution >= 0.6 is 0 Å². The molecule has 0 aromatic heterocycles. The van der Waals surface area contributed by atoms with Crippen LogP contribution < -0.4 is 0 Å². The second-order valence-corrected chi connectivity index (χ2v) is 11.0. The van der Waals surface area contributed by atoms with Gasteiger partial charge in [-0.3, -0.25) is 0 Å². The van der Waals surface area contributed by atoms with E-state index in [-0.39, 0.29) is 0 Å². The molecule has 1 nitrogen and oxygen atoms in total. The molecule has 0 bridgehead atoms. The minimum Gasteiger partial charge on any atom is -0.198 e. The Hall–Kier alpha value is -0.510. The molecule has 1 unspecified atom stereocenters. The third kappa shape index (κ3) is 10.2. The summed E-state index contributed by atoms with van der Waals surface area (Å²) in [6, 6.07) is 2.77. The molecule has 174 valence electrons. The monoisotopic (exact) mass is 415 g/mol. The van der Waals surface area contributed by atoms with Crippen LogP contribution in [0, 0.1) is 40.9 Å². The summed E-state index contributed by atoms with van der Waals surface area (Å²) in [4.78, 5) is 0. The average molecular weight is 416 g/mol. The summed E-state index contributed by atoms with van der Waals surface area (Å²) in [6.45, 7) is 4.60. The predicted molar refractivity (Wildman–Crippen MR) is 131 cm³/mol. The fraction of sp³-hybridized carbons (Fsp3) is 0.966. The molecular weight excluding hydrogens is 362 g/mol. The Morgan fingerprint density at radius 3 is 1.50 bits per heavy atom. The Morgan fingerprint density at radius 1 is 0.600 bits per heavy atom. The fourth-order valence-corrected chi connectivity index (χ4v) is 6.42. The van der Waals surface area contributed by atoms with Gasteiger partial charge >= 0.3 is 0 Å². The van der Waals surface area contributed by atoms with Gasteiger partial charge in [0.25, 0.3) is 0 Å². The van der Waals surface area contributed by atoms with Gasteiger partial charge in [0, 0.05) is 5.92 Å². The summed E-state index contributed by atoms with van der Waals surface area (Å²) in [6.07, 6.45) is 29.5. The van der Waals surface area contributed by atoms with Crippen molar-refractivity contribution in [3.05, 3.63) is 0 Å². The Bertz CT molecular complexity index is 434. The van der Waals surface area contributed by atoms with E-state index >= 15 is 0 Å². The Labute approximate surface area is 189 Å². The first-order valence-corrected chi connectivity index (χ1v) is 14.2. The van der Waals surface area contributed by atoms with E-state index in [4.69, 9.17) is 0 Å². The van der Waals surface area contributed by atoms with Gasteiger partial charge in [0.1, 0.15) is 0 Å². The number of hydrogen-bond donors (Lipinski definition) is 0. The molecule has 0 heterocycles. The molecule has 1 heteroatoms. The van der Waals surface area contributed by atoms with Gasteiger partial charge in [-0.05, 0) is 42.9 Å². The maximum atomic E-state index is 9.89. The van der Waals surface area contributed by atoms with Crippen LogP contribution in [-0.4, -0.2) is 0 Å². The number of unbranched alkanes of at least 4 members (excludes halogenated alkanes) is 8. The third-order valence-corrected chi connectivity index (χ3v) is 8.61. The van der Waals surface area contributed by atoms with E-state index in [1.807, 2.05) is 0 Å². The molecule has 2 fully saturated rings. The van der Waals surface area contributed by atoms with Crippen molar-refractivity contribution >= 4 is 0 Å². The first-order valence-electron chi connectivity index (χ1n) is 14.2. The highest BCUT2D eigenvalue weighted by Gasteiger charge is 2.30. The summed E-state index contributed by atoms with van der Waals surface area (Å²) in [5, 5.41) is 9.89. The summed E-state index contributed by atoms with van der Waals surface area (Å²) in [5.41, 5.74) is 0. The van der Waals surface area contributed by atoms with Gasteiger partial charge in [-0.15, -0.1) is 0 Å². The highest BCUT2D eigenvalue weighted by atomic mass is 14.4. The van der Waals surface area contributed by atoms with Crippen LogP contribution in [0.2, 0.25) is 0 Å². The SMILES string of the molecule is CCCCCCCC1CCC(CC(C#N)C2CCC(CCCCCCC)CC2)CC1. The van der Waals surface area contributed by atoms with Crippen molar-refractivity contribution in [3.63, 3.8) is 0 Å². The van der Waals surface area contributed by atoms with Crippen molar-refractivity contribution in [2.75, 3.05) is 0 Å². The quantitative estimate of drug-likeness (QED) is 0.244. The van der Waals surface area contributed by atoms with Crippen LogP contribution in [-0.2, 0) is 0 Å². The zero-order chi connectivity index (χ0) is 21.4. The van der Waals surface area contributed by atoms with E-state index in [0.29, 0.717) is 11.8 Å². The van der Waals surface area contributed by atoms with Gasteiger partial charge in [-0.1, -0.05) is 129 Å². The smallest absolute Gasteiger partial charge is 0.0658 e. The summed E-state index contributed by atoms with van der Waals surface area (Å²) < 4.78 is 0. The van der Waals surface area contributed by atoms with Crippen LogP contribution in [0.5, 0.6) is 0 Å². The molecule has 2 aliphatic rings. The first-order chi connectivity index (χ1) is 14.8. The van der Waals surface area contributed by atoms with Gasteiger partial charge in [-0.2, -0.15) is 5.26 Å². The lowest BCUT2D eigenvalue weighted by atomic mass is 9.70. The fourth-order valence-electron chi connectivity index (χ4n) is 6.42. The normalized spacial score (nSPS) is 28.2. The Morgan fingerprint density at radius 2 is 1.03 bits per heavy atom. The number of hydrogen-bond acceptors (Lipinski definition) is 1. The predicted octanol–water partition coefficient (Wildman–Crippen LogP) is 9.85. The molecule has 0 amide bonds. The molecule has 30 heavy (non-hydrogen) atoms. The largest absolute Gasteiger partial charge is 0.198 e. The zero-order valence-corrected chi connectivity index (χ0v) is 20.7. The van der Waals surface area contributed by atoms with Crippen LogP contribution in [0.15, 0.2) is 0 Å². The highest BCUT2D eigenvalue weighted by molar-refractivity contribution is 4.92. The van der Waals surface area contributed by atoms with Gasteiger partial charge in [0.2, 0.25) is 0 Å². The molecule has 0 radical (unpaired) electrons. The molecule has 0 aromatic rings. The molecule has 0 saturated heterocycles. The average Bonchev–Trinajstić information content (AvgIpc) is 2.78. The Balaban J connectivity index is 1.57. The second-order valence-electron chi connectivity index (χ2n) is 11.0. The van der Waals surface area contributed by atoms with E-state index < -0.39 is 0 Å². The first kappa shape index (κ1) is 25.7. The molecule has 0 N–H and O–H groups in total. The molecule has 1 atom stereocenters. The summed E-state index contributed by atoms with van der Waals surface area (Å²) in [5.74, 6) is 3.88. The van der Waals surface area contributed by atoms with E-state index in [0.717, 1.165) is 17.8 Å². The molecule has 0 aliphatic heterocycles. The van der Waals surface area contributed by atoms with E-state index in [1.54, 1.807) is 0 Å². The topological polar surface area (TPSA) is 23.8 Å². The Kier molecular flexibility index (Phi) is 13.9. The van der Waals surface area contributed by atoms with Crippen molar-refractivity contribution in [2.45, 2.75) is 149 Å². The van der Waals surface area contributed by atoms with E-state index in [2.05, 4.69) is 19.9 Å². The maximum absolute atomic E-state index is 9.89. The number of nitrogens with zero attached hydrogens (tertiary/aromatic N) is 1. The van der Waals surface area contributed by atoms with Gasteiger partial charge in [0.05, 0.1) is 6.07 Å². The lowest BCUT2D eigenvalue weighted by molar-refractivity contribution is 0.177. The number of nitriles is 1. The molecular formula is C29H53N. The third-order valence-electron chi connectivity index (χ3n) is 8.61. The van der Waals surface area contributed by atoms with Crippen molar-refractivity contribution < 1.29 is 0 Å². The van der Waals surface area contributed by atoms with E-state index in [1.165, 1.54) is 135 Å². The minimum atomic E-state index is 0.353. The van der Waals surface area contributed by atoms with Gasteiger partial charge in [0.15, 0.2) is 0 Å². The zero-order valence-electron chi connectivity index (χ0n) is 20.7. The molecule has 2 aliphatic carbocycles. The van der Waals surface area contributed by atoms with Crippen LogP contribution in [0.3, 0.4) is 0 Å². The van der Waals surface area contributed by atoms with Crippen molar-refractivity contribution in [2.24, 2.45) is 29.6 Å². The second kappa shape index (κ2) is 16.2. The summed E-state index contributed by atoms with van der Waals surface area (Å²) in [7, 11) is 0. The summed E-state index contributed by atoms with van der Waals surface area (Å²) >= 11 is 0. The molecule has 2 saturated carbocycles. The van der Waals surface area contributed by atoms with Crippen molar-refractivity contribution in [1.29, 1.82) is 5.26 Å². The van der Waals surface area contributed by atoms with Crippen molar-refractivity contribution in [1.82, 2.24) is 0 Å². The molecule has 2 rings (SSSR count). The maximum Gasteiger partial charge on any atom is 0.0658 e. The molecule has 0 spiro atoms. The van der Waals surface area contributed by atoms with Gasteiger partial charge < -0.3 is 0 Å². The molecule has 0 aromatic carbocycles. The standard InChI is InChI=1S/C29H53N/c1-3-5-7-9-11-13-25-15-17-27(18-16-25)23-29(24-30)28-21-19-26(20-22-28)14-12-10-8-6-4-2/h25-29H,3-23H2,1-2H3. The highest BCUT2D eigenvalue weighted by Crippen LogP contribution is 2.41. The van der Waals surface area contributed by atoms with Crippen LogP contribution in [0.1, 0.15) is 149 Å². The lowest BCUT2D eigenvalue weighted by Gasteiger charge is -2.34. The van der Waals surface area contributed by atoms with Crippen LogP contribution in [0.4, 0.5) is 0 Å². The van der Waals surface area contributed by atoms with E-state index in [9.17, 15) is 5.26 Å². The lowest BCUT2D eigenvalue weighted by Crippen LogP contribution is -2.24.